The molecule has 1 rings (SSSR count). The van der Waals surface area contributed by atoms with E-state index >= 15 is 0 Å². The van der Waals surface area contributed by atoms with Crippen LogP contribution in [-0.4, -0.2) is 39.5 Å². The van der Waals surface area contributed by atoms with E-state index < -0.39 is 0 Å². The predicted molar refractivity (Wildman–Crippen MR) is 81.7 cm³/mol. The number of methoxy groups -OCH3 is 1. The maximum absolute atomic E-state index is 5.78. The average Bonchev–Trinajstić information content (AvgIpc) is 2.49. The number of nitrogens with one attached hydrogen (secondary N) is 1. The van der Waals surface area contributed by atoms with Gasteiger partial charge in [-0.1, -0.05) is 13.8 Å². The summed E-state index contributed by atoms with van der Waals surface area (Å²) in [5, 5.41) is 3.41. The van der Waals surface area contributed by atoms with E-state index in [2.05, 4.69) is 19.2 Å². The van der Waals surface area contributed by atoms with Gasteiger partial charge in [0.15, 0.2) is 0 Å². The molecular weight excluding hydrogens is 254 g/mol. The number of hydrogen-bond donors (Lipinski definition) is 1. The van der Waals surface area contributed by atoms with Crippen molar-refractivity contribution in [3.63, 3.8) is 0 Å². The smallest absolute Gasteiger partial charge is 0.119 e. The molecule has 1 N–H and O–H groups in total. The molecule has 0 bridgehead atoms. The van der Waals surface area contributed by atoms with Gasteiger partial charge in [-0.2, -0.15) is 0 Å². The average molecular weight is 281 g/mol. The molecule has 1 unspecified atom stereocenters. The maximum Gasteiger partial charge on any atom is 0.119 e. The molecule has 20 heavy (non-hydrogen) atoms. The Labute approximate surface area is 122 Å². The van der Waals surface area contributed by atoms with Gasteiger partial charge in [0.25, 0.3) is 0 Å². The lowest BCUT2D eigenvalue weighted by Gasteiger charge is -2.18. The molecule has 0 aliphatic carbocycles. The molecular formula is C16H27NO3. The van der Waals surface area contributed by atoms with Crippen molar-refractivity contribution in [2.45, 2.75) is 32.7 Å². The van der Waals surface area contributed by atoms with Gasteiger partial charge in [-0.15, -0.1) is 0 Å². The summed E-state index contributed by atoms with van der Waals surface area (Å²) in [6.07, 6.45) is 2.11. The van der Waals surface area contributed by atoms with Crippen molar-refractivity contribution in [1.82, 2.24) is 5.32 Å². The summed E-state index contributed by atoms with van der Waals surface area (Å²) >= 11 is 0. The SMILES string of the molecule is CCCNC(COC)COc1ccc(OCCC)cc1. The van der Waals surface area contributed by atoms with Crippen LogP contribution in [0.2, 0.25) is 0 Å². The van der Waals surface area contributed by atoms with Crippen molar-refractivity contribution in [3.8, 4) is 11.5 Å². The van der Waals surface area contributed by atoms with E-state index in [0.717, 1.165) is 37.5 Å². The van der Waals surface area contributed by atoms with Crippen LogP contribution in [0.5, 0.6) is 11.5 Å². The fourth-order valence-corrected chi connectivity index (χ4v) is 1.76. The quantitative estimate of drug-likeness (QED) is 0.677. The minimum absolute atomic E-state index is 0.218. The highest BCUT2D eigenvalue weighted by Gasteiger charge is 2.08. The Kier molecular flexibility index (Phi) is 8.83. The zero-order valence-electron chi connectivity index (χ0n) is 12.9. The topological polar surface area (TPSA) is 39.7 Å². The number of rotatable bonds is 11. The van der Waals surface area contributed by atoms with Crippen LogP contribution in [0.15, 0.2) is 24.3 Å². The summed E-state index contributed by atoms with van der Waals surface area (Å²) in [7, 11) is 1.71. The van der Waals surface area contributed by atoms with Crippen molar-refractivity contribution in [2.75, 3.05) is 33.5 Å². The van der Waals surface area contributed by atoms with E-state index in [0.29, 0.717) is 13.2 Å². The highest BCUT2D eigenvalue weighted by Crippen LogP contribution is 2.17. The van der Waals surface area contributed by atoms with Gasteiger partial charge in [0.05, 0.1) is 19.3 Å². The third-order valence-electron chi connectivity index (χ3n) is 2.80. The summed E-state index contributed by atoms with van der Waals surface area (Å²) in [4.78, 5) is 0. The van der Waals surface area contributed by atoms with Crippen molar-refractivity contribution in [3.05, 3.63) is 24.3 Å². The minimum Gasteiger partial charge on any atom is -0.494 e. The van der Waals surface area contributed by atoms with Crippen LogP contribution in [0.1, 0.15) is 26.7 Å². The first-order chi connectivity index (χ1) is 9.80. The molecule has 4 heteroatoms. The molecule has 0 aromatic heterocycles. The lowest BCUT2D eigenvalue weighted by atomic mass is 10.3. The van der Waals surface area contributed by atoms with Gasteiger partial charge in [-0.05, 0) is 43.7 Å². The summed E-state index contributed by atoms with van der Waals surface area (Å²) in [6.45, 7) is 7.21. The van der Waals surface area contributed by atoms with Crippen LogP contribution in [-0.2, 0) is 4.74 Å². The van der Waals surface area contributed by atoms with Crippen LogP contribution in [0.4, 0.5) is 0 Å². The molecule has 0 saturated heterocycles. The van der Waals surface area contributed by atoms with Crippen LogP contribution < -0.4 is 14.8 Å². The monoisotopic (exact) mass is 281 g/mol. The van der Waals surface area contributed by atoms with Crippen molar-refractivity contribution in [1.29, 1.82) is 0 Å². The molecule has 1 aromatic carbocycles. The fourth-order valence-electron chi connectivity index (χ4n) is 1.76. The molecule has 114 valence electrons. The van der Waals surface area contributed by atoms with Crippen LogP contribution in [0.3, 0.4) is 0 Å². The summed E-state index contributed by atoms with van der Waals surface area (Å²) < 4.78 is 16.5. The van der Waals surface area contributed by atoms with Gasteiger partial charge < -0.3 is 19.5 Å². The second kappa shape index (κ2) is 10.5. The molecule has 0 radical (unpaired) electrons. The normalized spacial score (nSPS) is 12.2. The molecule has 4 nitrogen and oxygen atoms in total. The maximum atomic E-state index is 5.78. The molecule has 0 amide bonds. The van der Waals surface area contributed by atoms with Gasteiger partial charge in [0.1, 0.15) is 18.1 Å². The summed E-state index contributed by atoms with van der Waals surface area (Å²) in [6, 6.07) is 7.98. The number of benzene rings is 1. The van der Waals surface area contributed by atoms with E-state index in [1.165, 1.54) is 0 Å². The number of ether oxygens (including phenoxy) is 3. The molecule has 0 saturated carbocycles. The highest BCUT2D eigenvalue weighted by molar-refractivity contribution is 5.31. The Morgan fingerprint density at radius 1 is 0.950 bits per heavy atom. The van der Waals surface area contributed by atoms with Gasteiger partial charge in [-0.25, -0.2) is 0 Å². The number of hydrogen-bond acceptors (Lipinski definition) is 4. The highest BCUT2D eigenvalue weighted by atomic mass is 16.5. The van der Waals surface area contributed by atoms with E-state index in [1.807, 2.05) is 24.3 Å². The Bertz CT molecular complexity index is 340. The minimum atomic E-state index is 0.218. The molecule has 0 spiro atoms. The fraction of sp³-hybridized carbons (Fsp3) is 0.625. The second-order valence-electron chi connectivity index (χ2n) is 4.74. The van der Waals surface area contributed by atoms with Crippen molar-refractivity contribution in [2.24, 2.45) is 0 Å². The summed E-state index contributed by atoms with van der Waals surface area (Å²) in [5.41, 5.74) is 0. The van der Waals surface area contributed by atoms with Gasteiger partial charge in [0.2, 0.25) is 0 Å². The molecule has 0 aliphatic rings. The third kappa shape index (κ3) is 6.78. The van der Waals surface area contributed by atoms with Crippen LogP contribution in [0, 0.1) is 0 Å². The largest absolute Gasteiger partial charge is 0.494 e. The first-order valence-corrected chi connectivity index (χ1v) is 7.38. The Morgan fingerprint density at radius 3 is 2.15 bits per heavy atom. The molecule has 0 fully saturated rings. The standard InChI is InChI=1S/C16H27NO3/c1-4-10-17-14(12-18-3)13-20-16-8-6-15(7-9-16)19-11-5-2/h6-9,14,17H,4-5,10-13H2,1-3H3. The zero-order valence-corrected chi connectivity index (χ0v) is 12.9. The Hall–Kier alpha value is -1.26. The Morgan fingerprint density at radius 2 is 1.60 bits per heavy atom. The van der Waals surface area contributed by atoms with E-state index in [9.17, 15) is 0 Å². The molecule has 1 aromatic rings. The molecule has 0 aliphatic heterocycles. The van der Waals surface area contributed by atoms with E-state index in [1.54, 1.807) is 7.11 Å². The zero-order chi connectivity index (χ0) is 14.6. The lowest BCUT2D eigenvalue weighted by Crippen LogP contribution is -2.38. The van der Waals surface area contributed by atoms with Crippen molar-refractivity contribution >= 4 is 0 Å². The first-order valence-electron chi connectivity index (χ1n) is 7.38. The second-order valence-corrected chi connectivity index (χ2v) is 4.74. The van der Waals surface area contributed by atoms with Crippen LogP contribution in [0.25, 0.3) is 0 Å². The first kappa shape index (κ1) is 16.8. The molecule has 0 heterocycles. The summed E-state index contributed by atoms with van der Waals surface area (Å²) in [5.74, 6) is 1.74. The predicted octanol–water partition coefficient (Wildman–Crippen LogP) is 2.87. The third-order valence-corrected chi connectivity index (χ3v) is 2.80. The van der Waals surface area contributed by atoms with Crippen LogP contribution >= 0.6 is 0 Å². The van der Waals surface area contributed by atoms with Gasteiger partial charge in [-0.3, -0.25) is 0 Å². The lowest BCUT2D eigenvalue weighted by molar-refractivity contribution is 0.136. The van der Waals surface area contributed by atoms with E-state index in [4.69, 9.17) is 14.2 Å². The Balaban J connectivity index is 2.38. The van der Waals surface area contributed by atoms with Crippen molar-refractivity contribution < 1.29 is 14.2 Å². The van der Waals surface area contributed by atoms with Gasteiger partial charge >= 0.3 is 0 Å². The van der Waals surface area contributed by atoms with Gasteiger partial charge in [0, 0.05) is 7.11 Å². The van der Waals surface area contributed by atoms with E-state index in [-0.39, 0.29) is 6.04 Å². The molecule has 1 atom stereocenters.